The number of nitrogens with one attached hydrogen (secondary N) is 2. The van der Waals surface area contributed by atoms with Gasteiger partial charge in [-0.3, -0.25) is 14.9 Å². The number of amides is 3. The molecule has 2 aromatic rings. The predicted molar refractivity (Wildman–Crippen MR) is 101 cm³/mol. The summed E-state index contributed by atoms with van der Waals surface area (Å²) in [6, 6.07) is 5.32. The molecule has 3 amide bonds. The number of rotatable bonds is 5. The van der Waals surface area contributed by atoms with Crippen molar-refractivity contribution in [3.8, 4) is 5.75 Å². The average molecular weight is 388 g/mol. The van der Waals surface area contributed by atoms with Crippen molar-refractivity contribution in [2.45, 2.75) is 45.1 Å². The van der Waals surface area contributed by atoms with Gasteiger partial charge in [-0.25, -0.2) is 4.79 Å². The molecular weight excluding hydrogens is 364 g/mol. The molecule has 0 radical (unpaired) electrons. The molecule has 150 valence electrons. The first-order chi connectivity index (χ1) is 13.2. The molecule has 1 aliphatic heterocycles. The molecule has 0 bridgehead atoms. The summed E-state index contributed by atoms with van der Waals surface area (Å²) in [5, 5.41) is 5.76. The Hall–Kier alpha value is -3.03. The van der Waals surface area contributed by atoms with E-state index in [0.29, 0.717) is 30.7 Å². The highest BCUT2D eigenvalue weighted by molar-refractivity contribution is 6.02. The molecule has 1 fully saturated rings. The molecule has 0 saturated carbocycles. The molecule has 1 atom stereocenters. The van der Waals surface area contributed by atoms with Gasteiger partial charge in [0, 0.05) is 17.4 Å². The van der Waals surface area contributed by atoms with Crippen LogP contribution in [0.1, 0.15) is 45.1 Å². The molecule has 0 aliphatic carbocycles. The predicted octanol–water partition coefficient (Wildman–Crippen LogP) is 2.86. The van der Waals surface area contributed by atoms with Crippen molar-refractivity contribution in [3.63, 3.8) is 0 Å². The van der Waals surface area contributed by atoms with Gasteiger partial charge in [-0.2, -0.15) is 0 Å². The van der Waals surface area contributed by atoms with Crippen LogP contribution in [0.15, 0.2) is 28.9 Å². The SMILES string of the molecule is CC(C)(C)OC(=O)NCCOc1ccc2occ(C3CCC(=O)NC3=O)c2c1. The summed E-state index contributed by atoms with van der Waals surface area (Å²) in [5.74, 6) is -0.404. The third-order valence-electron chi connectivity index (χ3n) is 4.23. The quantitative estimate of drug-likeness (QED) is 0.602. The summed E-state index contributed by atoms with van der Waals surface area (Å²) >= 11 is 0. The van der Waals surface area contributed by atoms with E-state index in [4.69, 9.17) is 13.9 Å². The Kier molecular flexibility index (Phi) is 5.58. The number of carbonyl (C=O) groups is 3. The van der Waals surface area contributed by atoms with Gasteiger partial charge in [0.2, 0.25) is 11.8 Å². The zero-order valence-electron chi connectivity index (χ0n) is 16.2. The van der Waals surface area contributed by atoms with Crippen LogP contribution in [0.5, 0.6) is 5.75 Å². The van der Waals surface area contributed by atoms with Crippen molar-refractivity contribution in [2.24, 2.45) is 0 Å². The van der Waals surface area contributed by atoms with Crippen molar-refractivity contribution < 1.29 is 28.3 Å². The molecule has 0 spiro atoms. The summed E-state index contributed by atoms with van der Waals surface area (Å²) in [5.41, 5.74) is 0.820. The normalized spacial score (nSPS) is 17.3. The van der Waals surface area contributed by atoms with Crippen LogP contribution in [-0.2, 0) is 14.3 Å². The molecule has 1 aliphatic rings. The molecule has 28 heavy (non-hydrogen) atoms. The van der Waals surface area contributed by atoms with Crippen molar-refractivity contribution in [2.75, 3.05) is 13.2 Å². The van der Waals surface area contributed by atoms with Gasteiger partial charge < -0.3 is 19.2 Å². The molecule has 2 N–H and O–H groups in total. The number of fused-ring (bicyclic) bond motifs is 1. The summed E-state index contributed by atoms with van der Waals surface area (Å²) in [6.07, 6.45) is 1.81. The molecule has 2 heterocycles. The Labute approximate surface area is 162 Å². The second-order valence-corrected chi connectivity index (χ2v) is 7.63. The van der Waals surface area contributed by atoms with E-state index in [1.807, 2.05) is 0 Å². The number of ether oxygens (including phenoxy) is 2. The number of hydrogen-bond donors (Lipinski definition) is 2. The zero-order chi connectivity index (χ0) is 20.3. The lowest BCUT2D eigenvalue weighted by atomic mass is 9.90. The van der Waals surface area contributed by atoms with E-state index >= 15 is 0 Å². The molecule has 1 unspecified atom stereocenters. The number of carbonyl (C=O) groups excluding carboxylic acids is 3. The maximum atomic E-state index is 12.1. The van der Waals surface area contributed by atoms with Crippen LogP contribution in [0.4, 0.5) is 4.79 Å². The van der Waals surface area contributed by atoms with Gasteiger partial charge in [0.15, 0.2) is 0 Å². The Morgan fingerprint density at radius 1 is 1.32 bits per heavy atom. The second-order valence-electron chi connectivity index (χ2n) is 7.63. The minimum atomic E-state index is -0.552. The Morgan fingerprint density at radius 2 is 2.11 bits per heavy atom. The first-order valence-corrected chi connectivity index (χ1v) is 9.17. The number of hydrogen-bond acceptors (Lipinski definition) is 6. The summed E-state index contributed by atoms with van der Waals surface area (Å²) in [4.78, 5) is 35.1. The number of benzene rings is 1. The molecule has 3 rings (SSSR count). The largest absolute Gasteiger partial charge is 0.492 e. The number of furan rings is 1. The van der Waals surface area contributed by atoms with Crippen molar-refractivity contribution in [1.82, 2.24) is 10.6 Å². The zero-order valence-corrected chi connectivity index (χ0v) is 16.2. The molecule has 8 heteroatoms. The van der Waals surface area contributed by atoms with Crippen LogP contribution >= 0.6 is 0 Å². The van der Waals surface area contributed by atoms with E-state index in [1.54, 1.807) is 45.2 Å². The molecule has 8 nitrogen and oxygen atoms in total. The van der Waals surface area contributed by atoms with Crippen LogP contribution in [0, 0.1) is 0 Å². The van der Waals surface area contributed by atoms with Crippen molar-refractivity contribution >= 4 is 28.9 Å². The van der Waals surface area contributed by atoms with E-state index in [-0.39, 0.29) is 18.4 Å². The highest BCUT2D eigenvalue weighted by Gasteiger charge is 2.30. The lowest BCUT2D eigenvalue weighted by Gasteiger charge is -2.20. The van der Waals surface area contributed by atoms with E-state index in [0.717, 1.165) is 10.9 Å². The number of piperidine rings is 1. The van der Waals surface area contributed by atoms with Gasteiger partial charge >= 0.3 is 6.09 Å². The Morgan fingerprint density at radius 3 is 2.82 bits per heavy atom. The Bertz CT molecular complexity index is 896. The van der Waals surface area contributed by atoms with Crippen LogP contribution in [0.25, 0.3) is 11.0 Å². The van der Waals surface area contributed by atoms with Crippen LogP contribution in [-0.4, -0.2) is 36.7 Å². The van der Waals surface area contributed by atoms with Gasteiger partial charge in [0.1, 0.15) is 23.5 Å². The van der Waals surface area contributed by atoms with E-state index in [2.05, 4.69) is 10.6 Å². The lowest BCUT2D eigenvalue weighted by molar-refractivity contribution is -0.134. The monoisotopic (exact) mass is 388 g/mol. The molecule has 1 aromatic heterocycles. The fourth-order valence-corrected chi connectivity index (χ4v) is 3.01. The second kappa shape index (κ2) is 7.92. The average Bonchev–Trinajstić information content (AvgIpc) is 3.00. The fourth-order valence-electron chi connectivity index (χ4n) is 3.01. The summed E-state index contributed by atoms with van der Waals surface area (Å²) in [7, 11) is 0. The topological polar surface area (TPSA) is 107 Å². The highest BCUT2D eigenvalue weighted by atomic mass is 16.6. The summed E-state index contributed by atoms with van der Waals surface area (Å²) in [6.45, 7) is 5.94. The molecule has 1 aromatic carbocycles. The minimum absolute atomic E-state index is 0.254. The van der Waals surface area contributed by atoms with Crippen LogP contribution in [0.2, 0.25) is 0 Å². The third kappa shape index (κ3) is 4.82. The van der Waals surface area contributed by atoms with E-state index in [9.17, 15) is 14.4 Å². The fraction of sp³-hybridized carbons (Fsp3) is 0.450. The highest BCUT2D eigenvalue weighted by Crippen LogP contribution is 2.34. The van der Waals surface area contributed by atoms with E-state index in [1.165, 1.54) is 0 Å². The maximum Gasteiger partial charge on any atom is 0.407 e. The standard InChI is InChI=1S/C20H24N2O6/c1-20(2,3)28-19(25)21-8-9-26-12-4-6-16-14(10-12)15(11-27-16)13-5-7-17(23)22-18(13)24/h4,6,10-11,13H,5,7-9H2,1-3H3,(H,21,25)(H,22,23,24). The third-order valence-corrected chi connectivity index (χ3v) is 4.23. The number of imide groups is 1. The van der Waals surface area contributed by atoms with Gasteiger partial charge in [-0.1, -0.05) is 0 Å². The molecular formula is C20H24N2O6. The summed E-state index contributed by atoms with van der Waals surface area (Å²) < 4.78 is 16.4. The van der Waals surface area contributed by atoms with Crippen molar-refractivity contribution in [3.05, 3.63) is 30.0 Å². The first-order valence-electron chi connectivity index (χ1n) is 9.17. The molecule has 1 saturated heterocycles. The number of alkyl carbamates (subject to hydrolysis) is 1. The van der Waals surface area contributed by atoms with Gasteiger partial charge in [-0.05, 0) is 45.4 Å². The Balaban J connectivity index is 1.62. The smallest absolute Gasteiger partial charge is 0.407 e. The van der Waals surface area contributed by atoms with Crippen molar-refractivity contribution in [1.29, 1.82) is 0 Å². The van der Waals surface area contributed by atoms with E-state index < -0.39 is 17.6 Å². The van der Waals surface area contributed by atoms with Gasteiger partial charge in [0.05, 0.1) is 18.7 Å². The minimum Gasteiger partial charge on any atom is -0.492 e. The van der Waals surface area contributed by atoms with Crippen LogP contribution in [0.3, 0.4) is 0 Å². The van der Waals surface area contributed by atoms with Gasteiger partial charge in [-0.15, -0.1) is 0 Å². The van der Waals surface area contributed by atoms with Crippen LogP contribution < -0.4 is 15.4 Å². The van der Waals surface area contributed by atoms with Gasteiger partial charge in [0.25, 0.3) is 0 Å². The maximum absolute atomic E-state index is 12.1. The first kappa shape index (κ1) is 19.7. The lowest BCUT2D eigenvalue weighted by Crippen LogP contribution is -2.39.